The number of hydrogen-bond acceptors (Lipinski definition) is 3. The predicted molar refractivity (Wildman–Crippen MR) is 66.8 cm³/mol. The summed E-state index contributed by atoms with van der Waals surface area (Å²) in [6.45, 7) is 3.41. The van der Waals surface area contributed by atoms with Crippen LogP contribution < -0.4 is 0 Å². The molecule has 18 heavy (non-hydrogen) atoms. The van der Waals surface area contributed by atoms with Crippen LogP contribution in [0, 0.1) is 23.7 Å². The average Bonchev–Trinajstić information content (AvgIpc) is 2.32. The minimum atomic E-state index is -0.621. The van der Waals surface area contributed by atoms with Crippen LogP contribution in [0.5, 0.6) is 0 Å². The molecule has 3 heteroatoms. The van der Waals surface area contributed by atoms with Gasteiger partial charge in [0.1, 0.15) is 5.60 Å². The number of esters is 1. The topological polar surface area (TPSA) is 43.4 Å². The molecule has 4 saturated carbocycles. The molecule has 0 spiro atoms. The summed E-state index contributed by atoms with van der Waals surface area (Å²) in [5.74, 6) is 1.62. The lowest BCUT2D eigenvalue weighted by Crippen LogP contribution is -2.59. The quantitative estimate of drug-likeness (QED) is 0.571. The second-order valence-corrected chi connectivity index (χ2v) is 6.56. The Kier molecular flexibility index (Phi) is 2.76. The van der Waals surface area contributed by atoms with Crippen LogP contribution in [0.15, 0.2) is 0 Å². The molecule has 0 aliphatic heterocycles. The monoisotopic (exact) mass is 250 g/mol. The van der Waals surface area contributed by atoms with Gasteiger partial charge in [0.05, 0.1) is 0 Å². The van der Waals surface area contributed by atoms with E-state index >= 15 is 0 Å². The SMILES string of the molecule is CCC1(OC(=O)C(C)=O)C2CC3CC(C2)CC1C3. The molecule has 3 nitrogen and oxygen atoms in total. The van der Waals surface area contributed by atoms with Crippen molar-refractivity contribution in [2.75, 3.05) is 0 Å². The lowest BCUT2D eigenvalue weighted by Gasteiger charge is -2.60. The van der Waals surface area contributed by atoms with Crippen molar-refractivity contribution < 1.29 is 14.3 Å². The van der Waals surface area contributed by atoms with Gasteiger partial charge in [0, 0.05) is 6.92 Å². The fourth-order valence-electron chi connectivity index (χ4n) is 5.04. The first-order valence-corrected chi connectivity index (χ1v) is 7.29. The lowest BCUT2D eigenvalue weighted by molar-refractivity contribution is -0.210. The lowest BCUT2D eigenvalue weighted by atomic mass is 9.49. The van der Waals surface area contributed by atoms with E-state index in [1.807, 2.05) is 0 Å². The highest BCUT2D eigenvalue weighted by Crippen LogP contribution is 2.60. The zero-order chi connectivity index (χ0) is 12.9. The van der Waals surface area contributed by atoms with Gasteiger partial charge in [0.2, 0.25) is 5.78 Å². The minimum absolute atomic E-state index is 0.323. The van der Waals surface area contributed by atoms with Gasteiger partial charge in [-0.15, -0.1) is 0 Å². The van der Waals surface area contributed by atoms with E-state index in [4.69, 9.17) is 4.74 Å². The van der Waals surface area contributed by atoms with E-state index in [9.17, 15) is 9.59 Å². The third kappa shape index (κ3) is 1.63. The summed E-state index contributed by atoms with van der Waals surface area (Å²) in [6, 6.07) is 0. The van der Waals surface area contributed by atoms with Gasteiger partial charge in [-0.1, -0.05) is 6.92 Å². The zero-order valence-electron chi connectivity index (χ0n) is 11.3. The number of carbonyl (C=O) groups is 2. The molecular weight excluding hydrogens is 228 g/mol. The Morgan fingerprint density at radius 3 is 1.94 bits per heavy atom. The van der Waals surface area contributed by atoms with Gasteiger partial charge < -0.3 is 4.74 Å². The standard InChI is InChI=1S/C15H22O3/c1-3-15(18-14(17)9(2)16)12-5-10-4-11(7-12)8-13(15)6-10/h10-13H,3-8H2,1-2H3. The Hall–Kier alpha value is -0.860. The molecule has 0 unspecified atom stereocenters. The van der Waals surface area contributed by atoms with E-state index in [2.05, 4.69) is 6.92 Å². The van der Waals surface area contributed by atoms with Crippen molar-refractivity contribution in [1.82, 2.24) is 0 Å². The van der Waals surface area contributed by atoms with Gasteiger partial charge in [-0.05, 0) is 62.2 Å². The molecule has 0 heterocycles. The molecule has 4 aliphatic carbocycles. The number of Topliss-reactive ketones (excluding diaryl/α,β-unsaturated/α-hetero) is 1. The summed E-state index contributed by atoms with van der Waals surface area (Å²) >= 11 is 0. The molecule has 0 amide bonds. The van der Waals surface area contributed by atoms with Crippen LogP contribution in [0.25, 0.3) is 0 Å². The number of hydrogen-bond donors (Lipinski definition) is 0. The summed E-state index contributed by atoms with van der Waals surface area (Å²) in [4.78, 5) is 22.9. The minimum Gasteiger partial charge on any atom is -0.453 e. The number of ketones is 1. The van der Waals surface area contributed by atoms with Crippen LogP contribution in [-0.2, 0) is 14.3 Å². The van der Waals surface area contributed by atoms with Crippen LogP contribution in [0.3, 0.4) is 0 Å². The van der Waals surface area contributed by atoms with Gasteiger partial charge in [-0.25, -0.2) is 4.79 Å². The van der Waals surface area contributed by atoms with Crippen LogP contribution >= 0.6 is 0 Å². The maximum atomic E-state index is 11.7. The molecule has 0 atom stereocenters. The summed E-state index contributed by atoms with van der Waals surface area (Å²) in [5.41, 5.74) is -0.323. The van der Waals surface area contributed by atoms with Crippen molar-refractivity contribution in [1.29, 1.82) is 0 Å². The summed E-state index contributed by atoms with van der Waals surface area (Å²) in [5, 5.41) is 0. The van der Waals surface area contributed by atoms with Crippen molar-refractivity contribution in [3.8, 4) is 0 Å². The molecule has 4 bridgehead atoms. The first-order chi connectivity index (χ1) is 8.55. The van der Waals surface area contributed by atoms with Crippen LogP contribution in [0.4, 0.5) is 0 Å². The first-order valence-electron chi connectivity index (χ1n) is 7.29. The van der Waals surface area contributed by atoms with E-state index in [1.165, 1.54) is 39.0 Å². The fourth-order valence-corrected chi connectivity index (χ4v) is 5.04. The van der Waals surface area contributed by atoms with Gasteiger partial charge in [-0.2, -0.15) is 0 Å². The average molecular weight is 250 g/mol. The van der Waals surface area contributed by atoms with Crippen LogP contribution in [0.1, 0.15) is 52.4 Å². The van der Waals surface area contributed by atoms with Crippen molar-refractivity contribution in [3.63, 3.8) is 0 Å². The summed E-state index contributed by atoms with van der Waals surface area (Å²) in [7, 11) is 0. The summed E-state index contributed by atoms with van der Waals surface area (Å²) in [6.07, 6.45) is 7.05. The van der Waals surface area contributed by atoms with Crippen LogP contribution in [0.2, 0.25) is 0 Å². The Balaban J connectivity index is 1.87. The molecular formula is C15H22O3. The fraction of sp³-hybridized carbons (Fsp3) is 0.867. The maximum Gasteiger partial charge on any atom is 0.374 e. The number of rotatable bonds is 3. The van der Waals surface area contributed by atoms with E-state index in [0.29, 0.717) is 11.8 Å². The van der Waals surface area contributed by atoms with Crippen molar-refractivity contribution >= 4 is 11.8 Å². The molecule has 0 N–H and O–H groups in total. The van der Waals surface area contributed by atoms with E-state index in [0.717, 1.165) is 18.3 Å². The second kappa shape index (κ2) is 4.07. The van der Waals surface area contributed by atoms with Gasteiger partial charge >= 0.3 is 5.97 Å². The smallest absolute Gasteiger partial charge is 0.374 e. The molecule has 4 aliphatic rings. The molecule has 0 aromatic heterocycles. The molecule has 4 rings (SSSR count). The number of ether oxygens (including phenoxy) is 1. The number of carbonyl (C=O) groups excluding carboxylic acids is 2. The highest BCUT2D eigenvalue weighted by Gasteiger charge is 2.58. The Morgan fingerprint density at radius 1 is 1.06 bits per heavy atom. The Morgan fingerprint density at radius 2 is 1.56 bits per heavy atom. The highest BCUT2D eigenvalue weighted by atomic mass is 16.6. The predicted octanol–water partition coefficient (Wildman–Crippen LogP) is 2.72. The third-order valence-corrected chi connectivity index (χ3v) is 5.64. The Labute approximate surface area is 108 Å². The van der Waals surface area contributed by atoms with E-state index in [1.54, 1.807) is 0 Å². The molecule has 0 aromatic carbocycles. The molecule has 100 valence electrons. The normalized spacial score (nSPS) is 45.0. The molecule has 0 radical (unpaired) electrons. The second-order valence-electron chi connectivity index (χ2n) is 6.56. The van der Waals surface area contributed by atoms with Gasteiger partial charge in [0.25, 0.3) is 0 Å². The summed E-state index contributed by atoms with van der Waals surface area (Å²) < 4.78 is 5.74. The molecule has 0 aromatic rings. The highest BCUT2D eigenvalue weighted by molar-refractivity contribution is 6.32. The van der Waals surface area contributed by atoms with Gasteiger partial charge in [0.15, 0.2) is 0 Å². The van der Waals surface area contributed by atoms with Crippen molar-refractivity contribution in [2.45, 2.75) is 58.0 Å². The van der Waals surface area contributed by atoms with E-state index < -0.39 is 11.8 Å². The maximum absolute atomic E-state index is 11.7. The first kappa shape index (κ1) is 12.2. The van der Waals surface area contributed by atoms with Crippen molar-refractivity contribution in [2.24, 2.45) is 23.7 Å². The van der Waals surface area contributed by atoms with E-state index in [-0.39, 0.29) is 5.60 Å². The molecule has 4 fully saturated rings. The zero-order valence-corrected chi connectivity index (χ0v) is 11.3. The molecule has 0 saturated heterocycles. The Bertz CT molecular complexity index is 357. The van der Waals surface area contributed by atoms with Crippen molar-refractivity contribution in [3.05, 3.63) is 0 Å². The van der Waals surface area contributed by atoms with Gasteiger partial charge in [-0.3, -0.25) is 4.79 Å². The third-order valence-electron chi connectivity index (χ3n) is 5.64. The largest absolute Gasteiger partial charge is 0.453 e. The van der Waals surface area contributed by atoms with Crippen LogP contribution in [-0.4, -0.2) is 17.4 Å².